The highest BCUT2D eigenvalue weighted by Gasteiger charge is 2.71. The second-order valence-corrected chi connectivity index (χ2v) is 15.9. The summed E-state index contributed by atoms with van der Waals surface area (Å²) in [6.07, 6.45) is -6.91. The quantitative estimate of drug-likeness (QED) is 0.502. The van der Waals surface area contributed by atoms with Crippen molar-refractivity contribution >= 4 is 8.32 Å². The van der Waals surface area contributed by atoms with E-state index in [1.807, 2.05) is 33.9 Å². The van der Waals surface area contributed by atoms with Gasteiger partial charge in [-0.05, 0) is 50.2 Å². The first-order valence-corrected chi connectivity index (χ1v) is 14.1. The lowest BCUT2D eigenvalue weighted by atomic mass is 9.76. The zero-order valence-electron chi connectivity index (χ0n) is 20.6. The van der Waals surface area contributed by atoms with Crippen LogP contribution in [0.1, 0.15) is 56.9 Å². The Hall–Kier alpha value is -2.52. The smallest absolute Gasteiger partial charge is 0.417 e. The van der Waals surface area contributed by atoms with Crippen LogP contribution in [0.25, 0.3) is 5.69 Å². The molecule has 35 heavy (non-hydrogen) atoms. The zero-order chi connectivity index (χ0) is 26.5. The minimum absolute atomic E-state index is 0.0954. The number of aromatic nitrogens is 1. The third-order valence-electron chi connectivity index (χ3n) is 7.85. The molecule has 1 aromatic heterocycles. The van der Waals surface area contributed by atoms with E-state index in [2.05, 4.69) is 0 Å². The topological polar surface area (TPSA) is 108 Å². The highest BCUT2D eigenvalue weighted by atomic mass is 28.4. The number of aromatic hydroxyl groups is 2. The molecule has 2 aliphatic rings. The van der Waals surface area contributed by atoms with Crippen molar-refractivity contribution < 1.29 is 37.7 Å². The van der Waals surface area contributed by atoms with Crippen LogP contribution in [-0.4, -0.2) is 40.4 Å². The van der Waals surface area contributed by atoms with Gasteiger partial charge in [-0.2, -0.15) is 18.4 Å². The Bertz CT molecular complexity index is 1260. The summed E-state index contributed by atoms with van der Waals surface area (Å²) in [5.74, 6) is -1.07. The third-order valence-corrected chi connectivity index (χ3v) is 12.3. The van der Waals surface area contributed by atoms with Crippen LogP contribution >= 0.6 is 0 Å². The molecule has 1 fully saturated rings. The summed E-state index contributed by atoms with van der Waals surface area (Å²) in [4.78, 5) is 0. The molecule has 7 nitrogen and oxygen atoms in total. The van der Waals surface area contributed by atoms with Crippen LogP contribution in [0.3, 0.4) is 0 Å². The molecule has 0 amide bonds. The summed E-state index contributed by atoms with van der Waals surface area (Å²) in [7, 11) is -2.42. The average molecular weight is 511 g/mol. The Morgan fingerprint density at radius 2 is 1.63 bits per heavy atom. The number of benzene rings is 1. The number of fused-ring (bicyclic) bond motifs is 5. The van der Waals surface area contributed by atoms with Gasteiger partial charge in [0.1, 0.15) is 23.4 Å². The van der Waals surface area contributed by atoms with E-state index in [0.717, 1.165) is 10.6 Å². The molecule has 190 valence electrons. The molecule has 2 aromatic rings. The molecule has 3 N–H and O–H groups in total. The van der Waals surface area contributed by atoms with Gasteiger partial charge in [-0.1, -0.05) is 20.8 Å². The van der Waals surface area contributed by atoms with Crippen molar-refractivity contribution in [2.75, 3.05) is 0 Å². The molecule has 2 aliphatic heterocycles. The van der Waals surface area contributed by atoms with E-state index in [1.165, 1.54) is 12.1 Å². The predicted molar refractivity (Wildman–Crippen MR) is 123 cm³/mol. The SMILES string of the molecule is CC(C)(C)[Si](C)(C)O[C@H]1[C@@H](O)[C@@]2(C)O[C@]1(C)c1c2c(O)n(-c2ccc(C#N)c(C(F)(F)F)c2)c1O. The fourth-order valence-corrected chi connectivity index (χ4v) is 6.29. The molecular formula is C24H29F3N2O5Si. The Balaban J connectivity index is 1.90. The first kappa shape index (κ1) is 25.6. The molecule has 11 heteroatoms. The van der Waals surface area contributed by atoms with E-state index in [-0.39, 0.29) is 21.9 Å². The van der Waals surface area contributed by atoms with Crippen LogP contribution in [0.15, 0.2) is 18.2 Å². The lowest BCUT2D eigenvalue weighted by Gasteiger charge is -2.43. The number of rotatable bonds is 3. The normalized spacial score (nSPS) is 28.3. The van der Waals surface area contributed by atoms with Crippen molar-refractivity contribution in [3.05, 3.63) is 40.5 Å². The number of aliphatic hydroxyl groups excluding tert-OH is 1. The lowest BCUT2D eigenvalue weighted by Crippen LogP contribution is -2.54. The molecule has 0 radical (unpaired) electrons. The molecule has 4 rings (SSSR count). The van der Waals surface area contributed by atoms with Gasteiger partial charge in [0.2, 0.25) is 11.8 Å². The number of ether oxygens (including phenoxy) is 1. The second-order valence-electron chi connectivity index (χ2n) is 11.1. The molecule has 1 saturated heterocycles. The zero-order valence-corrected chi connectivity index (χ0v) is 21.6. The summed E-state index contributed by atoms with van der Waals surface area (Å²) < 4.78 is 54.3. The van der Waals surface area contributed by atoms with Crippen LogP contribution in [0.4, 0.5) is 13.2 Å². The summed E-state index contributed by atoms with van der Waals surface area (Å²) in [6, 6.07) is 4.39. The molecule has 0 aliphatic carbocycles. The minimum Gasteiger partial charge on any atom is -0.494 e. The Labute approximate surface area is 202 Å². The van der Waals surface area contributed by atoms with Crippen molar-refractivity contribution in [1.82, 2.24) is 4.57 Å². The van der Waals surface area contributed by atoms with Crippen LogP contribution in [0.5, 0.6) is 11.8 Å². The number of halogens is 3. The average Bonchev–Trinajstić information content (AvgIpc) is 3.21. The fraction of sp³-hybridized carbons (Fsp3) is 0.542. The van der Waals surface area contributed by atoms with Gasteiger partial charge in [0.05, 0.1) is 34.0 Å². The fourth-order valence-electron chi connectivity index (χ4n) is 4.95. The maximum Gasteiger partial charge on any atom is 0.417 e. The van der Waals surface area contributed by atoms with Gasteiger partial charge in [0.15, 0.2) is 8.32 Å². The first-order valence-electron chi connectivity index (χ1n) is 11.2. The highest BCUT2D eigenvalue weighted by Crippen LogP contribution is 2.65. The summed E-state index contributed by atoms with van der Waals surface area (Å²) in [5.41, 5.74) is -4.55. The van der Waals surface area contributed by atoms with E-state index >= 15 is 0 Å². The van der Waals surface area contributed by atoms with Crippen molar-refractivity contribution in [2.45, 2.75) is 82.3 Å². The van der Waals surface area contributed by atoms with Gasteiger partial charge in [-0.3, -0.25) is 4.57 Å². The maximum absolute atomic E-state index is 13.6. The van der Waals surface area contributed by atoms with Crippen molar-refractivity contribution in [3.8, 4) is 23.5 Å². The number of alkyl halides is 3. The summed E-state index contributed by atoms with van der Waals surface area (Å²) >= 11 is 0. The van der Waals surface area contributed by atoms with Crippen molar-refractivity contribution in [2.24, 2.45) is 0 Å². The van der Waals surface area contributed by atoms with E-state index in [9.17, 15) is 28.5 Å². The minimum atomic E-state index is -4.82. The standard InChI is InChI=1S/C24H29F3N2O5Si/c1-21(2,3)35(6,7)33-18-17(30)22(4)15-16(23(18,5)34-22)20(32)29(19(15)31)13-9-8-12(11-28)14(10-13)24(25,26)27/h8-10,17-18,30-32H,1-7H3/t17-,18+,22+,23-/m1/s1. The van der Waals surface area contributed by atoms with E-state index < -0.39 is 60.8 Å². The monoisotopic (exact) mass is 510 g/mol. The third kappa shape index (κ3) is 3.34. The van der Waals surface area contributed by atoms with Gasteiger partial charge in [-0.25, -0.2) is 0 Å². The van der Waals surface area contributed by atoms with Gasteiger partial charge in [-0.15, -0.1) is 0 Å². The van der Waals surface area contributed by atoms with Gasteiger partial charge in [0, 0.05) is 0 Å². The second kappa shape index (κ2) is 7.26. The highest BCUT2D eigenvalue weighted by molar-refractivity contribution is 6.74. The Morgan fingerprint density at radius 1 is 1.09 bits per heavy atom. The number of nitrogens with zero attached hydrogens (tertiary/aromatic N) is 2. The molecule has 0 saturated carbocycles. The molecular weight excluding hydrogens is 481 g/mol. The first-order chi connectivity index (χ1) is 15.8. The van der Waals surface area contributed by atoms with Gasteiger partial charge < -0.3 is 24.5 Å². The van der Waals surface area contributed by atoms with Crippen molar-refractivity contribution in [1.29, 1.82) is 5.26 Å². The van der Waals surface area contributed by atoms with Crippen LogP contribution in [0.2, 0.25) is 18.1 Å². The molecule has 4 atom stereocenters. The van der Waals surface area contributed by atoms with Gasteiger partial charge in [0.25, 0.3) is 0 Å². The predicted octanol–water partition coefficient (Wildman–Crippen LogP) is 5.00. The molecule has 0 spiro atoms. The molecule has 3 heterocycles. The van der Waals surface area contributed by atoms with E-state index in [0.29, 0.717) is 6.07 Å². The number of hydrogen-bond acceptors (Lipinski definition) is 6. The molecule has 2 bridgehead atoms. The molecule has 1 aromatic carbocycles. The Morgan fingerprint density at radius 3 is 2.11 bits per heavy atom. The van der Waals surface area contributed by atoms with Crippen LogP contribution in [0, 0.1) is 11.3 Å². The van der Waals surface area contributed by atoms with Crippen LogP contribution in [-0.2, 0) is 26.5 Å². The summed E-state index contributed by atoms with van der Waals surface area (Å²) in [6.45, 7) is 13.3. The number of aliphatic hydroxyl groups is 1. The van der Waals surface area contributed by atoms with Crippen LogP contribution < -0.4 is 0 Å². The Kier molecular flexibility index (Phi) is 5.30. The lowest BCUT2D eigenvalue weighted by molar-refractivity contribution is -0.137. The van der Waals surface area contributed by atoms with E-state index in [4.69, 9.17) is 14.4 Å². The van der Waals surface area contributed by atoms with E-state index in [1.54, 1.807) is 13.8 Å². The van der Waals surface area contributed by atoms with Gasteiger partial charge >= 0.3 is 6.18 Å². The molecule has 0 unspecified atom stereocenters. The van der Waals surface area contributed by atoms with Crippen molar-refractivity contribution in [3.63, 3.8) is 0 Å². The maximum atomic E-state index is 13.6. The largest absolute Gasteiger partial charge is 0.494 e. The number of hydrogen-bond donors (Lipinski definition) is 3. The summed E-state index contributed by atoms with van der Waals surface area (Å²) in [5, 5.41) is 42.5. The number of nitriles is 1.